The first-order chi connectivity index (χ1) is 9.10. The lowest BCUT2D eigenvalue weighted by atomic mass is 10.00. The van der Waals surface area contributed by atoms with Crippen molar-refractivity contribution in [2.24, 2.45) is 11.7 Å². The topological polar surface area (TPSA) is 55.1 Å². The second-order valence-electron chi connectivity index (χ2n) is 4.96. The van der Waals surface area contributed by atoms with Gasteiger partial charge in [-0.25, -0.2) is 0 Å². The predicted octanol–water partition coefficient (Wildman–Crippen LogP) is 3.94. The van der Waals surface area contributed by atoms with Crippen molar-refractivity contribution in [2.75, 3.05) is 11.6 Å². The fourth-order valence-electron chi connectivity index (χ4n) is 2.51. The molecule has 3 nitrogen and oxygen atoms in total. The van der Waals surface area contributed by atoms with Crippen molar-refractivity contribution >= 4 is 47.4 Å². The van der Waals surface area contributed by atoms with Crippen molar-refractivity contribution in [3.63, 3.8) is 0 Å². The molecule has 1 aliphatic rings. The molecule has 0 heterocycles. The maximum atomic E-state index is 12.0. The summed E-state index contributed by atoms with van der Waals surface area (Å²) in [5.41, 5.74) is 6.73. The Morgan fingerprint density at radius 2 is 2.25 bits per heavy atom. The third-order valence-electron chi connectivity index (χ3n) is 3.60. The Morgan fingerprint density at radius 3 is 2.80 bits per heavy atom. The normalized spacial score (nSPS) is 21.4. The lowest BCUT2D eigenvalue weighted by Gasteiger charge is -2.15. The summed E-state index contributed by atoms with van der Waals surface area (Å²) in [4.78, 5) is 13.0. The number of carbonyl (C=O) groups excluding carboxylic acids is 1. The minimum Gasteiger partial charge on any atom is -0.327 e. The van der Waals surface area contributed by atoms with Crippen LogP contribution >= 0.6 is 35.8 Å². The third kappa shape index (κ3) is 4.55. The van der Waals surface area contributed by atoms with Gasteiger partial charge in [0.25, 0.3) is 0 Å². The lowest BCUT2D eigenvalue weighted by Crippen LogP contribution is -2.28. The number of anilines is 1. The van der Waals surface area contributed by atoms with Crippen LogP contribution in [0.5, 0.6) is 0 Å². The summed E-state index contributed by atoms with van der Waals surface area (Å²) in [5, 5.41) is 3.56. The summed E-state index contributed by atoms with van der Waals surface area (Å²) < 4.78 is 0. The summed E-state index contributed by atoms with van der Waals surface area (Å²) in [6, 6.07) is 5.77. The fourth-order valence-corrected chi connectivity index (χ4v) is 3.38. The number of hydrogen-bond donors (Lipinski definition) is 2. The Balaban J connectivity index is 0.00000200. The fraction of sp³-hybridized carbons (Fsp3) is 0.500. The van der Waals surface area contributed by atoms with Crippen LogP contribution in [-0.4, -0.2) is 18.2 Å². The molecule has 1 aliphatic carbocycles. The molecule has 0 saturated heterocycles. The smallest absolute Gasteiger partial charge is 0.224 e. The molecule has 1 amide bonds. The zero-order valence-corrected chi connectivity index (χ0v) is 13.8. The number of rotatable bonds is 4. The van der Waals surface area contributed by atoms with Gasteiger partial charge in [-0.3, -0.25) is 4.79 Å². The number of benzene rings is 1. The van der Waals surface area contributed by atoms with Gasteiger partial charge in [-0.05, 0) is 43.2 Å². The second-order valence-corrected chi connectivity index (χ2v) is 6.21. The molecule has 0 spiro atoms. The molecule has 20 heavy (non-hydrogen) atoms. The Hall–Kier alpha value is -0.420. The molecule has 2 atom stereocenters. The Bertz CT molecular complexity index is 470. The zero-order chi connectivity index (χ0) is 13.8. The van der Waals surface area contributed by atoms with E-state index in [0.717, 1.165) is 29.8 Å². The van der Waals surface area contributed by atoms with Crippen LogP contribution in [-0.2, 0) is 4.79 Å². The van der Waals surface area contributed by atoms with Gasteiger partial charge in [0.05, 0.1) is 5.02 Å². The standard InChI is InChI=1S/C14H19ClN2OS.ClH/c1-19-13-6-5-10(8-11(13)15)17-14(18)7-9-3-2-4-12(9)16;/h5-6,8-9,12H,2-4,7,16H2,1H3,(H,17,18);1H/t9-,12+;/m0./s1. The number of amides is 1. The Morgan fingerprint density at radius 1 is 1.50 bits per heavy atom. The van der Waals surface area contributed by atoms with E-state index in [1.807, 2.05) is 18.4 Å². The summed E-state index contributed by atoms with van der Waals surface area (Å²) in [6.45, 7) is 0. The van der Waals surface area contributed by atoms with Crippen molar-refractivity contribution in [1.29, 1.82) is 0 Å². The van der Waals surface area contributed by atoms with Gasteiger partial charge in [-0.1, -0.05) is 18.0 Å². The SMILES string of the molecule is CSc1ccc(NC(=O)C[C@@H]2CCC[C@H]2N)cc1Cl.Cl. The van der Waals surface area contributed by atoms with Crippen LogP contribution in [0.15, 0.2) is 23.1 Å². The van der Waals surface area contributed by atoms with E-state index in [-0.39, 0.29) is 24.4 Å². The summed E-state index contributed by atoms with van der Waals surface area (Å²) >= 11 is 7.70. The predicted molar refractivity (Wildman–Crippen MR) is 89.0 cm³/mol. The van der Waals surface area contributed by atoms with Gasteiger partial charge >= 0.3 is 0 Å². The molecule has 0 aliphatic heterocycles. The molecular weight excluding hydrogens is 315 g/mol. The number of nitrogens with two attached hydrogens (primary N) is 1. The van der Waals surface area contributed by atoms with E-state index in [0.29, 0.717) is 17.4 Å². The molecule has 3 N–H and O–H groups in total. The molecule has 1 saturated carbocycles. The summed E-state index contributed by atoms with van der Waals surface area (Å²) in [5.74, 6) is 0.344. The maximum absolute atomic E-state index is 12.0. The van der Waals surface area contributed by atoms with E-state index in [9.17, 15) is 4.79 Å². The van der Waals surface area contributed by atoms with Crippen LogP contribution in [0.25, 0.3) is 0 Å². The Labute approximate surface area is 135 Å². The number of carbonyl (C=O) groups is 1. The molecule has 0 unspecified atom stereocenters. The van der Waals surface area contributed by atoms with Crippen LogP contribution in [0.3, 0.4) is 0 Å². The highest BCUT2D eigenvalue weighted by Gasteiger charge is 2.26. The average molecular weight is 335 g/mol. The first-order valence-corrected chi connectivity index (χ1v) is 8.09. The van der Waals surface area contributed by atoms with Crippen LogP contribution in [0.4, 0.5) is 5.69 Å². The van der Waals surface area contributed by atoms with E-state index in [1.54, 1.807) is 17.8 Å². The Kier molecular flexibility index (Phi) is 7.17. The van der Waals surface area contributed by atoms with Gasteiger partial charge in [0, 0.05) is 23.0 Å². The molecule has 1 fully saturated rings. The van der Waals surface area contributed by atoms with Crippen LogP contribution in [0, 0.1) is 5.92 Å². The van der Waals surface area contributed by atoms with Crippen molar-refractivity contribution in [3.8, 4) is 0 Å². The minimum atomic E-state index is 0. The van der Waals surface area contributed by atoms with Crippen molar-refractivity contribution in [3.05, 3.63) is 23.2 Å². The van der Waals surface area contributed by atoms with Crippen molar-refractivity contribution in [2.45, 2.75) is 36.6 Å². The van der Waals surface area contributed by atoms with Gasteiger partial charge in [0.1, 0.15) is 0 Å². The molecule has 1 aromatic carbocycles. The second kappa shape index (κ2) is 8.13. The number of halogens is 2. The van der Waals surface area contributed by atoms with E-state index in [4.69, 9.17) is 17.3 Å². The van der Waals surface area contributed by atoms with E-state index < -0.39 is 0 Å². The van der Waals surface area contributed by atoms with Crippen LogP contribution < -0.4 is 11.1 Å². The summed E-state index contributed by atoms with van der Waals surface area (Å²) in [7, 11) is 0. The van der Waals surface area contributed by atoms with Crippen LogP contribution in [0.1, 0.15) is 25.7 Å². The molecule has 0 aromatic heterocycles. The van der Waals surface area contributed by atoms with Gasteiger partial charge in [0.2, 0.25) is 5.91 Å². The van der Waals surface area contributed by atoms with Gasteiger partial charge in [-0.2, -0.15) is 0 Å². The highest BCUT2D eigenvalue weighted by Crippen LogP contribution is 2.29. The largest absolute Gasteiger partial charge is 0.327 e. The van der Waals surface area contributed by atoms with E-state index >= 15 is 0 Å². The first kappa shape index (κ1) is 17.6. The van der Waals surface area contributed by atoms with Gasteiger partial charge in [0.15, 0.2) is 0 Å². The number of nitrogens with one attached hydrogen (secondary N) is 1. The molecule has 112 valence electrons. The summed E-state index contributed by atoms with van der Waals surface area (Å²) in [6.07, 6.45) is 5.70. The zero-order valence-electron chi connectivity index (χ0n) is 11.4. The monoisotopic (exact) mass is 334 g/mol. The van der Waals surface area contributed by atoms with Gasteiger partial charge < -0.3 is 11.1 Å². The highest BCUT2D eigenvalue weighted by atomic mass is 35.5. The average Bonchev–Trinajstić information content (AvgIpc) is 2.75. The molecular formula is C14H20Cl2N2OS. The van der Waals surface area contributed by atoms with Crippen molar-refractivity contribution < 1.29 is 4.79 Å². The first-order valence-electron chi connectivity index (χ1n) is 6.49. The third-order valence-corrected chi connectivity index (χ3v) is 4.82. The molecule has 6 heteroatoms. The number of hydrogen-bond acceptors (Lipinski definition) is 3. The lowest BCUT2D eigenvalue weighted by molar-refractivity contribution is -0.117. The molecule has 0 bridgehead atoms. The molecule has 0 radical (unpaired) electrons. The quantitative estimate of drug-likeness (QED) is 0.820. The molecule has 2 rings (SSSR count). The van der Waals surface area contributed by atoms with Crippen molar-refractivity contribution in [1.82, 2.24) is 0 Å². The maximum Gasteiger partial charge on any atom is 0.224 e. The van der Waals surface area contributed by atoms with E-state index in [2.05, 4.69) is 5.32 Å². The number of thioether (sulfide) groups is 1. The van der Waals surface area contributed by atoms with E-state index in [1.165, 1.54) is 0 Å². The van der Waals surface area contributed by atoms with Crippen LogP contribution in [0.2, 0.25) is 5.02 Å². The van der Waals surface area contributed by atoms with Gasteiger partial charge in [-0.15, -0.1) is 24.2 Å². The minimum absolute atomic E-state index is 0. The highest BCUT2D eigenvalue weighted by molar-refractivity contribution is 7.98. The molecule has 1 aromatic rings.